The van der Waals surface area contributed by atoms with Gasteiger partial charge in [-0.15, -0.1) is 0 Å². The molecule has 1 fully saturated rings. The monoisotopic (exact) mass is 219 g/mol. The Kier molecular flexibility index (Phi) is 2.11. The molecule has 0 radical (unpaired) electrons. The molecule has 1 aromatic carbocycles. The van der Waals surface area contributed by atoms with Crippen LogP contribution in [0.4, 0.5) is 0 Å². The summed E-state index contributed by atoms with van der Waals surface area (Å²) in [6, 6.07) is 6.15. The standard InChI is InChI=1S/C13H17NO2/c1-15-10-2-3-11-12(6-10)16-5-4-13(11)7-9(13)8-14/h2-3,6,9H,4-5,7-8,14H2,1H3. The number of hydrogen-bond acceptors (Lipinski definition) is 3. The highest BCUT2D eigenvalue weighted by Crippen LogP contribution is 2.60. The Morgan fingerprint density at radius 2 is 2.44 bits per heavy atom. The van der Waals surface area contributed by atoms with Gasteiger partial charge < -0.3 is 15.2 Å². The minimum absolute atomic E-state index is 0.314. The number of benzene rings is 1. The minimum atomic E-state index is 0.314. The van der Waals surface area contributed by atoms with Gasteiger partial charge in [0.25, 0.3) is 0 Å². The first-order valence-electron chi connectivity index (χ1n) is 5.81. The average molecular weight is 219 g/mol. The molecule has 1 spiro atoms. The molecular weight excluding hydrogens is 202 g/mol. The first-order valence-corrected chi connectivity index (χ1v) is 5.81. The summed E-state index contributed by atoms with van der Waals surface area (Å²) in [5, 5.41) is 0. The van der Waals surface area contributed by atoms with Gasteiger partial charge in [0.15, 0.2) is 0 Å². The van der Waals surface area contributed by atoms with Gasteiger partial charge in [0.2, 0.25) is 0 Å². The lowest BCUT2D eigenvalue weighted by Gasteiger charge is -2.27. The van der Waals surface area contributed by atoms with E-state index >= 15 is 0 Å². The van der Waals surface area contributed by atoms with E-state index in [2.05, 4.69) is 6.07 Å². The van der Waals surface area contributed by atoms with E-state index in [1.54, 1.807) is 7.11 Å². The molecule has 2 unspecified atom stereocenters. The zero-order valence-corrected chi connectivity index (χ0v) is 9.53. The fraction of sp³-hybridized carbons (Fsp3) is 0.538. The molecule has 0 bridgehead atoms. The predicted molar refractivity (Wildman–Crippen MR) is 61.9 cm³/mol. The fourth-order valence-corrected chi connectivity index (χ4v) is 2.96. The number of ether oxygens (including phenoxy) is 2. The molecule has 1 heterocycles. The van der Waals surface area contributed by atoms with Crippen LogP contribution in [0.3, 0.4) is 0 Å². The van der Waals surface area contributed by atoms with Crippen molar-refractivity contribution >= 4 is 0 Å². The lowest BCUT2D eigenvalue weighted by atomic mass is 9.87. The van der Waals surface area contributed by atoms with Crippen LogP contribution in [0, 0.1) is 5.92 Å². The first kappa shape index (κ1) is 9.97. The van der Waals surface area contributed by atoms with Crippen molar-refractivity contribution in [3.8, 4) is 11.5 Å². The topological polar surface area (TPSA) is 44.5 Å². The number of methoxy groups -OCH3 is 1. The molecule has 2 atom stereocenters. The van der Waals surface area contributed by atoms with Crippen LogP contribution in [0.1, 0.15) is 18.4 Å². The quantitative estimate of drug-likeness (QED) is 0.823. The molecule has 1 saturated carbocycles. The van der Waals surface area contributed by atoms with E-state index in [1.165, 1.54) is 12.0 Å². The maximum atomic E-state index is 5.79. The molecule has 1 aliphatic heterocycles. The van der Waals surface area contributed by atoms with Gasteiger partial charge in [-0.1, -0.05) is 6.07 Å². The van der Waals surface area contributed by atoms with Gasteiger partial charge in [-0.3, -0.25) is 0 Å². The Balaban J connectivity index is 2.01. The highest BCUT2D eigenvalue weighted by atomic mass is 16.5. The number of hydrogen-bond donors (Lipinski definition) is 1. The summed E-state index contributed by atoms with van der Waals surface area (Å²) >= 11 is 0. The highest BCUT2D eigenvalue weighted by Gasteiger charge is 2.56. The Labute approximate surface area is 95.5 Å². The second kappa shape index (κ2) is 3.39. The zero-order valence-electron chi connectivity index (χ0n) is 9.53. The van der Waals surface area contributed by atoms with Crippen LogP contribution in [0.2, 0.25) is 0 Å². The van der Waals surface area contributed by atoms with E-state index in [-0.39, 0.29) is 0 Å². The van der Waals surface area contributed by atoms with Crippen molar-refractivity contribution in [3.05, 3.63) is 23.8 Å². The van der Waals surface area contributed by atoms with Gasteiger partial charge in [-0.25, -0.2) is 0 Å². The van der Waals surface area contributed by atoms with E-state index in [4.69, 9.17) is 15.2 Å². The van der Waals surface area contributed by atoms with Crippen molar-refractivity contribution in [1.29, 1.82) is 0 Å². The van der Waals surface area contributed by atoms with Gasteiger partial charge in [-0.05, 0) is 31.4 Å². The van der Waals surface area contributed by atoms with Crippen molar-refractivity contribution in [3.63, 3.8) is 0 Å². The van der Waals surface area contributed by atoms with Crippen molar-refractivity contribution < 1.29 is 9.47 Å². The number of nitrogens with two attached hydrogens (primary N) is 1. The summed E-state index contributed by atoms with van der Waals surface area (Å²) in [6.07, 6.45) is 2.32. The van der Waals surface area contributed by atoms with E-state index < -0.39 is 0 Å². The van der Waals surface area contributed by atoms with Gasteiger partial charge in [0.05, 0.1) is 13.7 Å². The fourth-order valence-electron chi connectivity index (χ4n) is 2.96. The predicted octanol–water partition coefficient (Wildman–Crippen LogP) is 1.69. The van der Waals surface area contributed by atoms with Crippen LogP contribution >= 0.6 is 0 Å². The third-order valence-electron chi connectivity index (χ3n) is 4.05. The first-order chi connectivity index (χ1) is 7.80. The lowest BCUT2D eigenvalue weighted by molar-refractivity contribution is 0.252. The van der Waals surface area contributed by atoms with E-state index in [1.807, 2.05) is 12.1 Å². The largest absolute Gasteiger partial charge is 0.497 e. The van der Waals surface area contributed by atoms with Crippen molar-refractivity contribution in [2.75, 3.05) is 20.3 Å². The summed E-state index contributed by atoms with van der Waals surface area (Å²) in [4.78, 5) is 0. The molecule has 2 aliphatic rings. The molecule has 0 aromatic heterocycles. The molecule has 0 saturated heterocycles. The van der Waals surface area contributed by atoms with Crippen LogP contribution in [0.15, 0.2) is 18.2 Å². The number of rotatable bonds is 2. The average Bonchev–Trinajstić information content (AvgIpc) is 3.03. The van der Waals surface area contributed by atoms with Crippen molar-refractivity contribution in [1.82, 2.24) is 0 Å². The minimum Gasteiger partial charge on any atom is -0.497 e. The molecule has 0 amide bonds. The summed E-state index contributed by atoms with van der Waals surface area (Å²) < 4.78 is 10.9. The van der Waals surface area contributed by atoms with Crippen LogP contribution in [0.25, 0.3) is 0 Å². The van der Waals surface area contributed by atoms with Crippen LogP contribution in [0.5, 0.6) is 11.5 Å². The SMILES string of the molecule is COc1ccc2c(c1)OCCC21CC1CN. The maximum absolute atomic E-state index is 5.79. The van der Waals surface area contributed by atoms with Crippen LogP contribution in [-0.4, -0.2) is 20.3 Å². The Bertz CT molecular complexity index is 418. The Hall–Kier alpha value is -1.22. The highest BCUT2D eigenvalue weighted by molar-refractivity contribution is 5.50. The molecule has 3 rings (SSSR count). The number of fused-ring (bicyclic) bond motifs is 2. The van der Waals surface area contributed by atoms with E-state index in [0.717, 1.165) is 31.1 Å². The van der Waals surface area contributed by atoms with Crippen molar-refractivity contribution in [2.24, 2.45) is 11.7 Å². The molecule has 1 aromatic rings. The summed E-state index contributed by atoms with van der Waals surface area (Å²) in [6.45, 7) is 1.59. The second-order valence-corrected chi connectivity index (χ2v) is 4.75. The third-order valence-corrected chi connectivity index (χ3v) is 4.05. The molecule has 86 valence electrons. The second-order valence-electron chi connectivity index (χ2n) is 4.75. The van der Waals surface area contributed by atoms with Crippen LogP contribution in [-0.2, 0) is 5.41 Å². The molecular formula is C13H17NO2. The molecule has 2 N–H and O–H groups in total. The van der Waals surface area contributed by atoms with E-state index in [9.17, 15) is 0 Å². The van der Waals surface area contributed by atoms with E-state index in [0.29, 0.717) is 11.3 Å². The molecule has 16 heavy (non-hydrogen) atoms. The zero-order chi connectivity index (χ0) is 11.2. The molecule has 3 heteroatoms. The maximum Gasteiger partial charge on any atom is 0.126 e. The lowest BCUT2D eigenvalue weighted by Crippen LogP contribution is -2.24. The van der Waals surface area contributed by atoms with Crippen LogP contribution < -0.4 is 15.2 Å². The smallest absolute Gasteiger partial charge is 0.126 e. The normalized spacial score (nSPS) is 30.8. The summed E-state index contributed by atoms with van der Waals surface area (Å²) in [5.41, 5.74) is 7.43. The van der Waals surface area contributed by atoms with Gasteiger partial charge >= 0.3 is 0 Å². The third kappa shape index (κ3) is 1.24. The van der Waals surface area contributed by atoms with Gasteiger partial charge in [0.1, 0.15) is 11.5 Å². The van der Waals surface area contributed by atoms with Gasteiger partial charge in [0, 0.05) is 17.0 Å². The molecule has 3 nitrogen and oxygen atoms in total. The summed E-state index contributed by atoms with van der Waals surface area (Å²) in [7, 11) is 1.68. The molecule has 1 aliphatic carbocycles. The Morgan fingerprint density at radius 1 is 1.56 bits per heavy atom. The summed E-state index contributed by atoms with van der Waals surface area (Å²) in [5.74, 6) is 2.49. The van der Waals surface area contributed by atoms with Crippen molar-refractivity contribution in [2.45, 2.75) is 18.3 Å². The van der Waals surface area contributed by atoms with Gasteiger partial charge in [-0.2, -0.15) is 0 Å². The Morgan fingerprint density at radius 3 is 3.12 bits per heavy atom.